The summed E-state index contributed by atoms with van der Waals surface area (Å²) in [5.74, 6) is 0.335. The molecule has 1 saturated carbocycles. The first kappa shape index (κ1) is 23.8. The highest BCUT2D eigenvalue weighted by atomic mass is 16.6. The number of oxime groups is 1. The van der Waals surface area contributed by atoms with Gasteiger partial charge in [0, 0.05) is 23.6 Å². The van der Waals surface area contributed by atoms with E-state index in [2.05, 4.69) is 10.5 Å². The van der Waals surface area contributed by atoms with E-state index in [0.717, 1.165) is 29.7 Å². The lowest BCUT2D eigenvalue weighted by molar-refractivity contribution is -0.125. The highest BCUT2D eigenvalue weighted by molar-refractivity contribution is 6.05. The smallest absolute Gasteiger partial charge is 0.254 e. The summed E-state index contributed by atoms with van der Waals surface area (Å²) in [6.07, 6.45) is 2.85. The third kappa shape index (κ3) is 5.22. The minimum absolute atomic E-state index is 0.0106. The molecule has 1 heterocycles. The minimum Gasteiger partial charge on any atom is -0.496 e. The van der Waals surface area contributed by atoms with Gasteiger partial charge in [-0.15, -0.1) is 0 Å². The van der Waals surface area contributed by atoms with Crippen molar-refractivity contribution in [3.63, 3.8) is 0 Å². The number of hydrogen-bond acceptors (Lipinski definition) is 6. The molecule has 2 aliphatic rings. The van der Waals surface area contributed by atoms with E-state index in [9.17, 15) is 14.7 Å². The maximum absolute atomic E-state index is 13.4. The Kier molecular flexibility index (Phi) is 7.47. The van der Waals surface area contributed by atoms with Crippen LogP contribution in [0.3, 0.4) is 0 Å². The minimum atomic E-state index is -0.651. The molecule has 1 aliphatic carbocycles. The molecular formula is C26H31N3O5. The molecule has 1 aliphatic heterocycles. The Morgan fingerprint density at radius 1 is 1.03 bits per heavy atom. The largest absolute Gasteiger partial charge is 0.496 e. The first-order chi connectivity index (χ1) is 16.5. The molecule has 0 unspecified atom stereocenters. The van der Waals surface area contributed by atoms with Gasteiger partial charge < -0.3 is 24.9 Å². The zero-order valence-corrected chi connectivity index (χ0v) is 19.6. The molecule has 0 spiro atoms. The van der Waals surface area contributed by atoms with E-state index in [1.54, 1.807) is 24.1 Å². The Hall–Kier alpha value is -3.39. The number of nitrogens with one attached hydrogen (secondary N) is 1. The van der Waals surface area contributed by atoms with E-state index in [1.807, 2.05) is 36.4 Å². The summed E-state index contributed by atoms with van der Waals surface area (Å²) in [5, 5.41) is 16.8. The number of ether oxygens (including phenoxy) is 1. The summed E-state index contributed by atoms with van der Waals surface area (Å²) in [6.45, 7) is 0.238. The van der Waals surface area contributed by atoms with E-state index in [-0.39, 0.29) is 30.5 Å². The van der Waals surface area contributed by atoms with E-state index >= 15 is 0 Å². The number of rotatable bonds is 6. The SMILES string of the molecule is CON=C1C[C@@H](C(=O)NC2CCC(O)CC2)N(C(=O)c2ccc(-c3ccccc3OC)cc2)C1. The molecule has 8 heteroatoms. The van der Waals surface area contributed by atoms with Crippen LogP contribution in [-0.2, 0) is 9.63 Å². The van der Waals surface area contributed by atoms with Gasteiger partial charge in [-0.3, -0.25) is 9.59 Å². The van der Waals surface area contributed by atoms with Crippen LogP contribution >= 0.6 is 0 Å². The molecule has 180 valence electrons. The van der Waals surface area contributed by atoms with Crippen molar-refractivity contribution >= 4 is 17.5 Å². The number of aliphatic hydroxyl groups excluding tert-OH is 1. The lowest BCUT2D eigenvalue weighted by Crippen LogP contribution is -2.49. The second-order valence-corrected chi connectivity index (χ2v) is 8.78. The molecule has 2 fully saturated rings. The Balaban J connectivity index is 1.51. The first-order valence-electron chi connectivity index (χ1n) is 11.6. The van der Waals surface area contributed by atoms with Crippen LogP contribution in [0.15, 0.2) is 53.7 Å². The third-order valence-electron chi connectivity index (χ3n) is 6.53. The third-order valence-corrected chi connectivity index (χ3v) is 6.53. The summed E-state index contributed by atoms with van der Waals surface area (Å²) in [7, 11) is 3.08. The number of nitrogens with zero attached hydrogens (tertiary/aromatic N) is 2. The fraction of sp³-hybridized carbons (Fsp3) is 0.423. The van der Waals surface area contributed by atoms with Gasteiger partial charge in [0.1, 0.15) is 18.9 Å². The quantitative estimate of drug-likeness (QED) is 0.639. The molecular weight excluding hydrogens is 434 g/mol. The van der Waals surface area contributed by atoms with E-state index in [0.29, 0.717) is 30.5 Å². The van der Waals surface area contributed by atoms with E-state index < -0.39 is 6.04 Å². The number of benzene rings is 2. The maximum Gasteiger partial charge on any atom is 0.254 e. The average molecular weight is 466 g/mol. The van der Waals surface area contributed by atoms with Crippen molar-refractivity contribution in [2.75, 3.05) is 20.8 Å². The summed E-state index contributed by atoms with van der Waals surface area (Å²) in [6, 6.07) is 14.4. The van der Waals surface area contributed by atoms with Crippen LogP contribution in [0.4, 0.5) is 0 Å². The van der Waals surface area contributed by atoms with Gasteiger partial charge in [-0.05, 0) is 49.4 Å². The standard InChI is InChI=1S/C26H31N3O5/c1-33-24-6-4-3-5-22(24)17-7-9-18(10-8-17)26(32)29-16-20(28-34-2)15-23(29)25(31)27-19-11-13-21(30)14-12-19/h3-10,19,21,23,30H,11-16H2,1-2H3,(H,27,31)/t19?,21?,23-/m0/s1. The van der Waals surface area contributed by atoms with Crippen molar-refractivity contribution in [2.45, 2.75) is 50.3 Å². The van der Waals surface area contributed by atoms with Gasteiger partial charge in [0.05, 0.1) is 25.5 Å². The Morgan fingerprint density at radius 3 is 2.41 bits per heavy atom. The molecule has 4 rings (SSSR count). The predicted molar refractivity (Wildman–Crippen MR) is 129 cm³/mol. The fourth-order valence-corrected chi connectivity index (χ4v) is 4.71. The average Bonchev–Trinajstić information content (AvgIpc) is 3.29. The second-order valence-electron chi connectivity index (χ2n) is 8.78. The van der Waals surface area contributed by atoms with Crippen LogP contribution in [0.2, 0.25) is 0 Å². The molecule has 2 aromatic rings. The number of amides is 2. The van der Waals surface area contributed by atoms with Crippen LogP contribution < -0.4 is 10.1 Å². The summed E-state index contributed by atoms with van der Waals surface area (Å²) < 4.78 is 5.44. The van der Waals surface area contributed by atoms with Crippen molar-refractivity contribution in [3.8, 4) is 16.9 Å². The summed E-state index contributed by atoms with van der Waals surface area (Å²) in [4.78, 5) is 33.0. The number of hydrogen-bond donors (Lipinski definition) is 2. The van der Waals surface area contributed by atoms with Gasteiger partial charge in [0.25, 0.3) is 5.91 Å². The van der Waals surface area contributed by atoms with Gasteiger partial charge in [0.15, 0.2) is 0 Å². The van der Waals surface area contributed by atoms with Gasteiger partial charge in [-0.2, -0.15) is 0 Å². The van der Waals surface area contributed by atoms with Crippen LogP contribution in [0.25, 0.3) is 11.1 Å². The molecule has 2 aromatic carbocycles. The van der Waals surface area contributed by atoms with Crippen molar-refractivity contribution < 1.29 is 24.3 Å². The molecule has 8 nitrogen and oxygen atoms in total. The predicted octanol–water partition coefficient (Wildman–Crippen LogP) is 3.00. The van der Waals surface area contributed by atoms with E-state index in [4.69, 9.17) is 9.57 Å². The Bertz CT molecular complexity index is 1040. The molecule has 2 amide bonds. The molecule has 1 saturated heterocycles. The number of methoxy groups -OCH3 is 1. The van der Waals surface area contributed by atoms with Gasteiger partial charge >= 0.3 is 0 Å². The zero-order valence-electron chi connectivity index (χ0n) is 19.6. The summed E-state index contributed by atoms with van der Waals surface area (Å²) >= 11 is 0. The lowest BCUT2D eigenvalue weighted by Gasteiger charge is -2.29. The van der Waals surface area contributed by atoms with Crippen molar-refractivity contribution in [1.29, 1.82) is 0 Å². The Morgan fingerprint density at radius 2 is 1.74 bits per heavy atom. The molecule has 0 bridgehead atoms. The highest BCUT2D eigenvalue weighted by Crippen LogP contribution is 2.30. The Labute approximate surface area is 199 Å². The van der Waals surface area contributed by atoms with Crippen LogP contribution in [-0.4, -0.2) is 66.5 Å². The van der Waals surface area contributed by atoms with E-state index in [1.165, 1.54) is 7.11 Å². The van der Waals surface area contributed by atoms with Gasteiger partial charge in [0.2, 0.25) is 5.91 Å². The molecule has 34 heavy (non-hydrogen) atoms. The van der Waals surface area contributed by atoms with Crippen molar-refractivity contribution in [2.24, 2.45) is 5.16 Å². The zero-order chi connectivity index (χ0) is 24.1. The van der Waals surface area contributed by atoms with Crippen LogP contribution in [0.5, 0.6) is 5.75 Å². The van der Waals surface area contributed by atoms with Gasteiger partial charge in [-0.25, -0.2) is 0 Å². The molecule has 0 radical (unpaired) electrons. The summed E-state index contributed by atoms with van der Waals surface area (Å²) in [5.41, 5.74) is 3.02. The normalized spacial score (nSPS) is 23.6. The molecule has 2 N–H and O–H groups in total. The van der Waals surface area contributed by atoms with Crippen LogP contribution in [0.1, 0.15) is 42.5 Å². The van der Waals surface area contributed by atoms with Crippen molar-refractivity contribution in [1.82, 2.24) is 10.2 Å². The maximum atomic E-state index is 13.4. The fourth-order valence-electron chi connectivity index (χ4n) is 4.71. The topological polar surface area (TPSA) is 100 Å². The van der Waals surface area contributed by atoms with Crippen LogP contribution in [0, 0.1) is 0 Å². The number of carbonyl (C=O) groups is 2. The highest BCUT2D eigenvalue weighted by Gasteiger charge is 2.39. The lowest BCUT2D eigenvalue weighted by atomic mass is 9.93. The van der Waals surface area contributed by atoms with Gasteiger partial charge in [-0.1, -0.05) is 35.5 Å². The monoisotopic (exact) mass is 465 g/mol. The first-order valence-corrected chi connectivity index (χ1v) is 11.6. The number of carbonyl (C=O) groups excluding carboxylic acids is 2. The number of likely N-dealkylation sites (tertiary alicyclic amines) is 1. The number of para-hydroxylation sites is 1. The van der Waals surface area contributed by atoms with Crippen molar-refractivity contribution in [3.05, 3.63) is 54.1 Å². The molecule has 1 atom stereocenters. The second kappa shape index (κ2) is 10.7. The molecule has 0 aromatic heterocycles. The number of aliphatic hydroxyl groups is 1.